The molecule has 96 valence electrons. The van der Waals surface area contributed by atoms with Crippen molar-refractivity contribution in [1.29, 1.82) is 0 Å². The number of nitrogens with two attached hydrogens (primary N) is 1. The molecule has 1 atom stereocenters. The van der Waals surface area contributed by atoms with E-state index >= 15 is 0 Å². The lowest BCUT2D eigenvalue weighted by Gasteiger charge is -2.10. The zero-order valence-corrected chi connectivity index (χ0v) is 12.9. The molecule has 2 aromatic rings. The molecular weight excluding hydrogens is 337 g/mol. The van der Waals surface area contributed by atoms with Crippen molar-refractivity contribution in [3.8, 4) is 0 Å². The van der Waals surface area contributed by atoms with Gasteiger partial charge >= 0.3 is 0 Å². The van der Waals surface area contributed by atoms with Gasteiger partial charge in [0.15, 0.2) is 0 Å². The first-order valence-electron chi connectivity index (χ1n) is 5.42. The number of aryl methyl sites for hydroxylation is 1. The van der Waals surface area contributed by atoms with Crippen LogP contribution in [0, 0.1) is 12.7 Å². The molecule has 0 saturated carbocycles. The molecule has 0 aliphatic heterocycles. The van der Waals surface area contributed by atoms with Gasteiger partial charge in [-0.2, -0.15) is 0 Å². The maximum Gasteiger partial charge on any atom is 0.127 e. The molecule has 1 aromatic carbocycles. The first-order valence-corrected chi connectivity index (χ1v) is 7.41. The Kier molecular flexibility index (Phi) is 4.43. The van der Waals surface area contributed by atoms with Crippen LogP contribution in [0.4, 0.5) is 4.39 Å². The van der Waals surface area contributed by atoms with Gasteiger partial charge in [-0.25, -0.2) is 4.39 Å². The Hall–Kier alpha value is -0.420. The Morgan fingerprint density at radius 3 is 2.72 bits per heavy atom. The van der Waals surface area contributed by atoms with Crippen LogP contribution in [0.1, 0.15) is 22.0 Å². The van der Waals surface area contributed by atoms with Gasteiger partial charge in [0.05, 0.1) is 3.79 Å². The minimum atomic E-state index is -0.301. The predicted molar refractivity (Wildman–Crippen MR) is 78.8 cm³/mol. The highest BCUT2D eigenvalue weighted by atomic mass is 79.9. The Morgan fingerprint density at radius 1 is 1.44 bits per heavy atom. The third-order valence-corrected chi connectivity index (χ3v) is 5.20. The first-order chi connectivity index (χ1) is 8.47. The molecule has 5 heteroatoms. The van der Waals surface area contributed by atoms with Crippen molar-refractivity contribution in [2.45, 2.75) is 19.4 Å². The van der Waals surface area contributed by atoms with E-state index < -0.39 is 0 Å². The fourth-order valence-corrected chi connectivity index (χ4v) is 3.42. The molecule has 0 radical (unpaired) electrons. The van der Waals surface area contributed by atoms with Crippen LogP contribution in [-0.2, 0) is 6.42 Å². The van der Waals surface area contributed by atoms with Crippen molar-refractivity contribution < 1.29 is 4.39 Å². The van der Waals surface area contributed by atoms with Crippen LogP contribution in [0.25, 0.3) is 0 Å². The van der Waals surface area contributed by atoms with Crippen molar-refractivity contribution in [2.24, 2.45) is 5.73 Å². The lowest BCUT2D eigenvalue weighted by atomic mass is 10.0. The lowest BCUT2D eigenvalue weighted by molar-refractivity contribution is 0.595. The van der Waals surface area contributed by atoms with Gasteiger partial charge in [0.25, 0.3) is 0 Å². The van der Waals surface area contributed by atoms with Crippen LogP contribution in [0.15, 0.2) is 28.1 Å². The summed E-state index contributed by atoms with van der Waals surface area (Å²) in [7, 11) is 0. The Labute approximate surface area is 123 Å². The maximum absolute atomic E-state index is 13.7. The number of halogens is 3. The highest BCUT2D eigenvalue weighted by molar-refractivity contribution is 9.11. The van der Waals surface area contributed by atoms with Crippen LogP contribution in [-0.4, -0.2) is 0 Å². The molecule has 0 bridgehead atoms. The Bertz CT molecular complexity index is 551. The molecule has 1 aromatic heterocycles. The first kappa shape index (κ1) is 14.0. The summed E-state index contributed by atoms with van der Waals surface area (Å²) in [6.45, 7) is 2.01. The van der Waals surface area contributed by atoms with Gasteiger partial charge in [0.1, 0.15) is 5.82 Å². The van der Waals surface area contributed by atoms with Crippen LogP contribution in [0.2, 0.25) is 5.02 Å². The number of rotatable bonds is 3. The summed E-state index contributed by atoms with van der Waals surface area (Å²) in [6, 6.07) is 6.53. The van der Waals surface area contributed by atoms with Crippen LogP contribution in [0.5, 0.6) is 0 Å². The summed E-state index contributed by atoms with van der Waals surface area (Å²) in [5.41, 5.74) is 7.85. The van der Waals surface area contributed by atoms with Crippen molar-refractivity contribution >= 4 is 38.9 Å². The third kappa shape index (κ3) is 3.12. The summed E-state index contributed by atoms with van der Waals surface area (Å²) in [4.78, 5) is 1.05. The largest absolute Gasteiger partial charge is 0.323 e. The second-order valence-electron chi connectivity index (χ2n) is 4.15. The minimum Gasteiger partial charge on any atom is -0.323 e. The van der Waals surface area contributed by atoms with Gasteiger partial charge in [-0.15, -0.1) is 11.3 Å². The molecule has 0 aliphatic rings. The summed E-state index contributed by atoms with van der Waals surface area (Å²) in [5.74, 6) is -0.301. The summed E-state index contributed by atoms with van der Waals surface area (Å²) in [5, 5.41) is 0.402. The van der Waals surface area contributed by atoms with Gasteiger partial charge in [0.2, 0.25) is 0 Å². The average Bonchev–Trinajstić information content (AvgIpc) is 2.63. The number of thiophene rings is 1. The topological polar surface area (TPSA) is 26.0 Å². The molecule has 0 spiro atoms. The summed E-state index contributed by atoms with van der Waals surface area (Å²) < 4.78 is 14.7. The van der Waals surface area contributed by atoms with E-state index in [0.717, 1.165) is 14.2 Å². The Morgan fingerprint density at radius 2 is 2.17 bits per heavy atom. The normalized spacial score (nSPS) is 12.7. The number of hydrogen-bond donors (Lipinski definition) is 1. The molecule has 1 nitrogen and oxygen atoms in total. The Balaban J connectivity index is 2.18. The number of hydrogen-bond acceptors (Lipinski definition) is 2. The highest BCUT2D eigenvalue weighted by Crippen LogP contribution is 2.32. The predicted octanol–water partition coefficient (Wildman–Crippen LogP) is 4.85. The van der Waals surface area contributed by atoms with E-state index in [9.17, 15) is 4.39 Å². The standard InChI is InChI=1S/C13H12BrClFNS/c1-7-4-12(18-13(7)14)11(17)5-8-2-3-9(15)6-10(8)16/h2-4,6,11H,5,17H2,1H3. The highest BCUT2D eigenvalue weighted by Gasteiger charge is 2.14. The minimum absolute atomic E-state index is 0.198. The zero-order chi connectivity index (χ0) is 13.3. The van der Waals surface area contributed by atoms with Gasteiger partial charge in [-0.1, -0.05) is 17.7 Å². The SMILES string of the molecule is Cc1cc(C(N)Cc2ccc(Cl)cc2F)sc1Br. The molecule has 0 saturated heterocycles. The van der Waals surface area contributed by atoms with E-state index in [0.29, 0.717) is 17.0 Å². The molecular formula is C13H12BrClFNS. The average molecular weight is 349 g/mol. The van der Waals surface area contributed by atoms with Crippen LogP contribution < -0.4 is 5.73 Å². The monoisotopic (exact) mass is 347 g/mol. The van der Waals surface area contributed by atoms with E-state index in [1.165, 1.54) is 6.07 Å². The van der Waals surface area contributed by atoms with Gasteiger partial charge in [0, 0.05) is 15.9 Å². The van der Waals surface area contributed by atoms with Crippen molar-refractivity contribution in [3.63, 3.8) is 0 Å². The second kappa shape index (κ2) is 5.70. The second-order valence-corrected chi connectivity index (χ2v) is 6.99. The molecule has 1 heterocycles. The van der Waals surface area contributed by atoms with E-state index in [-0.39, 0.29) is 11.9 Å². The zero-order valence-electron chi connectivity index (χ0n) is 9.71. The van der Waals surface area contributed by atoms with Crippen molar-refractivity contribution in [3.05, 3.63) is 54.9 Å². The maximum atomic E-state index is 13.7. The van der Waals surface area contributed by atoms with Crippen LogP contribution >= 0.6 is 38.9 Å². The quantitative estimate of drug-likeness (QED) is 0.842. The molecule has 0 aliphatic carbocycles. The fraction of sp³-hybridized carbons (Fsp3) is 0.231. The molecule has 1 unspecified atom stereocenters. The lowest BCUT2D eigenvalue weighted by Crippen LogP contribution is -2.12. The van der Waals surface area contributed by atoms with Gasteiger partial charge in [-0.3, -0.25) is 0 Å². The smallest absolute Gasteiger partial charge is 0.127 e. The number of benzene rings is 1. The molecule has 0 fully saturated rings. The molecule has 18 heavy (non-hydrogen) atoms. The van der Waals surface area contributed by atoms with E-state index in [4.69, 9.17) is 17.3 Å². The van der Waals surface area contributed by atoms with Crippen LogP contribution in [0.3, 0.4) is 0 Å². The van der Waals surface area contributed by atoms with E-state index in [1.807, 2.05) is 13.0 Å². The summed E-state index contributed by atoms with van der Waals surface area (Å²) in [6.07, 6.45) is 0.468. The third-order valence-electron chi connectivity index (χ3n) is 2.70. The molecule has 2 N–H and O–H groups in total. The van der Waals surface area contributed by atoms with E-state index in [2.05, 4.69) is 15.9 Å². The van der Waals surface area contributed by atoms with Crippen molar-refractivity contribution in [2.75, 3.05) is 0 Å². The van der Waals surface area contributed by atoms with E-state index in [1.54, 1.807) is 23.5 Å². The van der Waals surface area contributed by atoms with Gasteiger partial charge in [-0.05, 0) is 58.6 Å². The van der Waals surface area contributed by atoms with Crippen molar-refractivity contribution in [1.82, 2.24) is 0 Å². The molecule has 0 amide bonds. The molecule has 2 rings (SSSR count). The summed E-state index contributed by atoms with van der Waals surface area (Å²) >= 11 is 10.8. The van der Waals surface area contributed by atoms with Gasteiger partial charge < -0.3 is 5.73 Å². The fourth-order valence-electron chi connectivity index (χ4n) is 1.69.